The lowest BCUT2D eigenvalue weighted by molar-refractivity contribution is 0.361. The summed E-state index contributed by atoms with van der Waals surface area (Å²) in [5.74, 6) is 1.34. The van der Waals surface area contributed by atoms with Crippen LogP contribution in [-0.2, 0) is 0 Å². The van der Waals surface area contributed by atoms with Crippen molar-refractivity contribution < 1.29 is 4.74 Å². The number of ether oxygens (including phenoxy) is 1. The molecule has 1 atom stereocenters. The topological polar surface area (TPSA) is 42.8 Å². The predicted molar refractivity (Wildman–Crippen MR) is 78.1 cm³/mol. The van der Waals surface area contributed by atoms with Gasteiger partial charge in [-0.3, -0.25) is 4.57 Å². The number of hydrogen-bond donors (Lipinski definition) is 1. The number of nitrogens with zero attached hydrogens (tertiary/aromatic N) is 2. The third kappa shape index (κ3) is 2.16. The van der Waals surface area contributed by atoms with E-state index in [1.165, 1.54) is 25.7 Å². The number of imidazole rings is 1. The molecule has 2 aromatic heterocycles. The molecule has 0 bridgehead atoms. The monoisotopic (exact) mass is 277 g/mol. The van der Waals surface area contributed by atoms with Crippen LogP contribution in [0.2, 0.25) is 0 Å². The van der Waals surface area contributed by atoms with Gasteiger partial charge in [-0.2, -0.15) is 4.98 Å². The largest absolute Gasteiger partial charge is 0.481 e. The molecular formula is C14H19N3OS. The molecule has 0 amide bonds. The Bertz CT molecular complexity index is 640. The minimum atomic E-state index is 0.392. The average Bonchev–Trinajstić information content (AvgIpc) is 3.03. The van der Waals surface area contributed by atoms with E-state index in [2.05, 4.69) is 21.5 Å². The number of aromatic nitrogens is 3. The van der Waals surface area contributed by atoms with Crippen molar-refractivity contribution in [1.82, 2.24) is 14.5 Å². The van der Waals surface area contributed by atoms with Gasteiger partial charge in [0.15, 0.2) is 10.4 Å². The summed E-state index contributed by atoms with van der Waals surface area (Å²) in [6.07, 6.45) is 5.25. The standard InChI is InChI=1S/C14H19N3OS/c1-9(10-5-3-4-6-10)17-13-11(15-14(17)19)7-8-12(16-13)18-2/h7-10H,3-6H2,1-2H3,(H,15,19). The van der Waals surface area contributed by atoms with E-state index in [9.17, 15) is 0 Å². The van der Waals surface area contributed by atoms with Crippen LogP contribution in [0, 0.1) is 10.7 Å². The van der Waals surface area contributed by atoms with Crippen molar-refractivity contribution in [3.63, 3.8) is 0 Å². The summed E-state index contributed by atoms with van der Waals surface area (Å²) in [6.45, 7) is 2.25. The molecule has 3 rings (SSSR count). The van der Waals surface area contributed by atoms with Crippen molar-refractivity contribution >= 4 is 23.4 Å². The van der Waals surface area contributed by atoms with Crippen molar-refractivity contribution in [2.24, 2.45) is 5.92 Å². The summed E-state index contributed by atoms with van der Waals surface area (Å²) in [6, 6.07) is 4.23. The van der Waals surface area contributed by atoms with E-state index in [0.717, 1.165) is 15.9 Å². The number of hydrogen-bond acceptors (Lipinski definition) is 3. The van der Waals surface area contributed by atoms with Gasteiger partial charge in [-0.25, -0.2) is 0 Å². The van der Waals surface area contributed by atoms with Gasteiger partial charge in [0.2, 0.25) is 5.88 Å². The van der Waals surface area contributed by atoms with E-state index in [1.807, 2.05) is 12.1 Å². The van der Waals surface area contributed by atoms with Crippen LogP contribution in [0.5, 0.6) is 5.88 Å². The third-order valence-electron chi connectivity index (χ3n) is 4.24. The van der Waals surface area contributed by atoms with Crippen LogP contribution in [0.3, 0.4) is 0 Å². The maximum atomic E-state index is 5.47. The molecule has 1 saturated carbocycles. The van der Waals surface area contributed by atoms with E-state index in [4.69, 9.17) is 17.0 Å². The fourth-order valence-corrected chi connectivity index (χ4v) is 3.49. The zero-order valence-corrected chi connectivity index (χ0v) is 12.2. The number of aromatic amines is 1. The Morgan fingerprint density at radius 1 is 1.42 bits per heavy atom. The highest BCUT2D eigenvalue weighted by atomic mass is 32.1. The average molecular weight is 277 g/mol. The number of nitrogens with one attached hydrogen (secondary N) is 1. The Labute approximate surface area is 117 Å². The Morgan fingerprint density at radius 2 is 2.16 bits per heavy atom. The molecule has 4 nitrogen and oxygen atoms in total. The second-order valence-electron chi connectivity index (χ2n) is 5.31. The molecule has 2 aromatic rings. The van der Waals surface area contributed by atoms with E-state index in [0.29, 0.717) is 17.8 Å². The molecule has 0 spiro atoms. The second-order valence-corrected chi connectivity index (χ2v) is 5.70. The maximum Gasteiger partial charge on any atom is 0.215 e. The lowest BCUT2D eigenvalue weighted by atomic mass is 10.00. The molecule has 1 fully saturated rings. The molecule has 102 valence electrons. The predicted octanol–water partition coefficient (Wildman–Crippen LogP) is 3.85. The molecule has 0 radical (unpaired) electrons. The van der Waals surface area contributed by atoms with Crippen LogP contribution in [-0.4, -0.2) is 21.6 Å². The molecule has 2 heterocycles. The van der Waals surface area contributed by atoms with Gasteiger partial charge in [0.1, 0.15) is 0 Å². The van der Waals surface area contributed by atoms with Crippen molar-refractivity contribution in [2.45, 2.75) is 38.6 Å². The van der Waals surface area contributed by atoms with Crippen molar-refractivity contribution in [2.75, 3.05) is 7.11 Å². The van der Waals surface area contributed by atoms with Gasteiger partial charge in [-0.1, -0.05) is 12.8 Å². The molecule has 1 N–H and O–H groups in total. The van der Waals surface area contributed by atoms with Gasteiger partial charge in [0.05, 0.1) is 12.6 Å². The number of pyridine rings is 1. The third-order valence-corrected chi connectivity index (χ3v) is 4.54. The van der Waals surface area contributed by atoms with Gasteiger partial charge < -0.3 is 9.72 Å². The van der Waals surface area contributed by atoms with E-state index in [-0.39, 0.29) is 0 Å². The van der Waals surface area contributed by atoms with Gasteiger partial charge in [0.25, 0.3) is 0 Å². The second kappa shape index (κ2) is 4.96. The summed E-state index contributed by atoms with van der Waals surface area (Å²) in [5.41, 5.74) is 1.89. The van der Waals surface area contributed by atoms with Crippen LogP contribution >= 0.6 is 12.2 Å². The first-order chi connectivity index (χ1) is 9.20. The first-order valence-electron chi connectivity index (χ1n) is 6.86. The van der Waals surface area contributed by atoms with Gasteiger partial charge in [0, 0.05) is 12.1 Å². The van der Waals surface area contributed by atoms with Crippen LogP contribution in [0.1, 0.15) is 38.6 Å². The van der Waals surface area contributed by atoms with Crippen molar-refractivity contribution in [3.8, 4) is 5.88 Å². The van der Waals surface area contributed by atoms with Gasteiger partial charge in [-0.15, -0.1) is 0 Å². The Hall–Kier alpha value is -1.36. The van der Waals surface area contributed by atoms with Crippen LogP contribution in [0.25, 0.3) is 11.2 Å². The van der Waals surface area contributed by atoms with E-state index >= 15 is 0 Å². The number of fused-ring (bicyclic) bond motifs is 1. The zero-order chi connectivity index (χ0) is 13.4. The van der Waals surface area contributed by atoms with E-state index < -0.39 is 0 Å². The Kier molecular flexibility index (Phi) is 3.31. The Balaban J connectivity index is 2.10. The first kappa shape index (κ1) is 12.7. The molecule has 0 aliphatic heterocycles. The quantitative estimate of drug-likeness (QED) is 0.866. The number of methoxy groups -OCH3 is 1. The molecule has 1 unspecified atom stereocenters. The highest BCUT2D eigenvalue weighted by Gasteiger charge is 2.25. The smallest absolute Gasteiger partial charge is 0.215 e. The minimum absolute atomic E-state index is 0.392. The fourth-order valence-electron chi connectivity index (χ4n) is 3.13. The van der Waals surface area contributed by atoms with Crippen LogP contribution in [0.4, 0.5) is 0 Å². The number of rotatable bonds is 3. The lowest BCUT2D eigenvalue weighted by Crippen LogP contribution is -2.14. The van der Waals surface area contributed by atoms with Crippen LogP contribution in [0.15, 0.2) is 12.1 Å². The maximum absolute atomic E-state index is 5.47. The number of H-pyrrole nitrogens is 1. The molecular weight excluding hydrogens is 258 g/mol. The summed E-state index contributed by atoms with van der Waals surface area (Å²) >= 11 is 5.47. The zero-order valence-electron chi connectivity index (χ0n) is 11.3. The summed E-state index contributed by atoms with van der Waals surface area (Å²) < 4.78 is 8.13. The van der Waals surface area contributed by atoms with E-state index in [1.54, 1.807) is 7.11 Å². The molecule has 0 aromatic carbocycles. The summed E-state index contributed by atoms with van der Waals surface area (Å²) in [7, 11) is 1.64. The van der Waals surface area contributed by atoms with Gasteiger partial charge >= 0.3 is 0 Å². The molecule has 19 heavy (non-hydrogen) atoms. The van der Waals surface area contributed by atoms with Crippen molar-refractivity contribution in [1.29, 1.82) is 0 Å². The van der Waals surface area contributed by atoms with Crippen molar-refractivity contribution in [3.05, 3.63) is 16.9 Å². The minimum Gasteiger partial charge on any atom is -0.481 e. The highest BCUT2D eigenvalue weighted by molar-refractivity contribution is 7.71. The summed E-state index contributed by atoms with van der Waals surface area (Å²) in [5, 5.41) is 0. The fraction of sp³-hybridized carbons (Fsp3) is 0.571. The molecule has 1 aliphatic rings. The van der Waals surface area contributed by atoms with Gasteiger partial charge in [-0.05, 0) is 44.0 Å². The molecule has 0 saturated heterocycles. The molecule has 1 aliphatic carbocycles. The highest BCUT2D eigenvalue weighted by Crippen LogP contribution is 2.35. The lowest BCUT2D eigenvalue weighted by Gasteiger charge is -2.20. The first-order valence-corrected chi connectivity index (χ1v) is 7.27. The SMILES string of the molecule is COc1ccc2[nH]c(=S)n(C(C)C3CCCC3)c2n1. The summed E-state index contributed by atoms with van der Waals surface area (Å²) in [4.78, 5) is 7.79. The Morgan fingerprint density at radius 3 is 2.84 bits per heavy atom. The normalized spacial score (nSPS) is 18.0. The van der Waals surface area contributed by atoms with Crippen LogP contribution < -0.4 is 4.74 Å². The molecule has 5 heteroatoms.